The third kappa shape index (κ3) is 2.93. The van der Waals surface area contributed by atoms with Crippen LogP contribution in [-0.2, 0) is 10.8 Å². The molecule has 2 aromatic carbocycles. The van der Waals surface area contributed by atoms with Crippen molar-refractivity contribution in [3.05, 3.63) is 57.8 Å². The van der Waals surface area contributed by atoms with Crippen molar-refractivity contribution < 1.29 is 9.00 Å². The van der Waals surface area contributed by atoms with Crippen LogP contribution in [0.15, 0.2) is 53.4 Å². The Morgan fingerprint density at radius 1 is 1.18 bits per heavy atom. The number of amides is 1. The van der Waals surface area contributed by atoms with E-state index in [0.717, 1.165) is 14.5 Å². The van der Waals surface area contributed by atoms with Gasteiger partial charge in [0.05, 0.1) is 3.57 Å². The number of aromatic nitrogens is 1. The Bertz CT molecular complexity index is 889. The van der Waals surface area contributed by atoms with Crippen LogP contribution in [0, 0.1) is 3.57 Å². The number of carbonyl (C=O) groups is 1. The van der Waals surface area contributed by atoms with Crippen molar-refractivity contribution in [1.29, 1.82) is 0 Å². The minimum atomic E-state index is -1.08. The van der Waals surface area contributed by atoms with Gasteiger partial charge < -0.3 is 10.3 Å². The number of hydrogen-bond acceptors (Lipinski definition) is 2. The minimum Gasteiger partial charge on any atom is -0.350 e. The molecule has 0 bridgehead atoms. The molecule has 2 N–H and O–H groups in total. The highest BCUT2D eigenvalue weighted by molar-refractivity contribution is 14.1. The molecule has 4 nitrogen and oxygen atoms in total. The van der Waals surface area contributed by atoms with Crippen molar-refractivity contribution in [2.45, 2.75) is 4.90 Å². The second-order valence-electron chi connectivity index (χ2n) is 4.80. The lowest BCUT2D eigenvalue weighted by Gasteiger charge is -2.06. The molecule has 0 aliphatic carbocycles. The molecule has 0 aliphatic rings. The van der Waals surface area contributed by atoms with E-state index in [-0.39, 0.29) is 5.91 Å². The van der Waals surface area contributed by atoms with Gasteiger partial charge in [-0.1, -0.05) is 24.3 Å². The SMILES string of the molecule is CS(=O)c1cccc(NC(=O)c2[nH]c3ccccc3c2I)c1. The molecular formula is C16H13IN2O2S. The van der Waals surface area contributed by atoms with Gasteiger partial charge in [0.15, 0.2) is 0 Å². The Morgan fingerprint density at radius 2 is 1.95 bits per heavy atom. The van der Waals surface area contributed by atoms with E-state index >= 15 is 0 Å². The summed E-state index contributed by atoms with van der Waals surface area (Å²) < 4.78 is 12.4. The first-order valence-corrected chi connectivity index (χ1v) is 9.21. The maximum Gasteiger partial charge on any atom is 0.273 e. The third-order valence-corrected chi connectivity index (χ3v) is 5.33. The summed E-state index contributed by atoms with van der Waals surface area (Å²) >= 11 is 2.17. The molecule has 0 saturated heterocycles. The van der Waals surface area contributed by atoms with Crippen LogP contribution in [-0.4, -0.2) is 21.4 Å². The number of hydrogen-bond donors (Lipinski definition) is 2. The standard InChI is InChI=1S/C16H13IN2O2S/c1-22(21)11-6-4-5-10(9-11)18-16(20)15-14(17)12-7-2-3-8-13(12)19-15/h2-9,19H,1H3,(H,18,20). The van der Waals surface area contributed by atoms with E-state index < -0.39 is 10.8 Å². The molecule has 3 aromatic rings. The molecule has 0 spiro atoms. The summed E-state index contributed by atoms with van der Waals surface area (Å²) in [5.74, 6) is -0.209. The lowest BCUT2D eigenvalue weighted by Crippen LogP contribution is -2.13. The van der Waals surface area contributed by atoms with Crippen molar-refractivity contribution >= 4 is 55.9 Å². The molecule has 3 rings (SSSR count). The van der Waals surface area contributed by atoms with Crippen molar-refractivity contribution in [3.63, 3.8) is 0 Å². The van der Waals surface area contributed by atoms with Crippen LogP contribution < -0.4 is 5.32 Å². The first-order valence-electron chi connectivity index (χ1n) is 6.57. The van der Waals surface area contributed by atoms with Gasteiger partial charge in [-0.3, -0.25) is 9.00 Å². The van der Waals surface area contributed by atoms with Gasteiger partial charge in [-0.15, -0.1) is 0 Å². The Balaban J connectivity index is 1.92. The van der Waals surface area contributed by atoms with Crippen molar-refractivity contribution in [3.8, 4) is 0 Å². The van der Waals surface area contributed by atoms with Crippen LogP contribution in [0.5, 0.6) is 0 Å². The first-order chi connectivity index (χ1) is 10.6. The number of carbonyl (C=O) groups excluding carboxylic acids is 1. The summed E-state index contributed by atoms with van der Waals surface area (Å²) in [4.78, 5) is 16.3. The van der Waals surface area contributed by atoms with Crippen molar-refractivity contribution in [2.75, 3.05) is 11.6 Å². The predicted octanol–water partition coefficient (Wildman–Crippen LogP) is 3.76. The molecule has 1 atom stereocenters. The zero-order chi connectivity index (χ0) is 15.7. The Hall–Kier alpha value is -1.67. The van der Waals surface area contributed by atoms with Gasteiger partial charge in [0, 0.05) is 38.5 Å². The van der Waals surface area contributed by atoms with Gasteiger partial charge in [-0.25, -0.2) is 0 Å². The number of aromatic amines is 1. The number of rotatable bonds is 3. The number of anilines is 1. The van der Waals surface area contributed by atoms with Crippen molar-refractivity contribution in [1.82, 2.24) is 4.98 Å². The molecule has 1 aromatic heterocycles. The third-order valence-electron chi connectivity index (χ3n) is 3.29. The van der Waals surface area contributed by atoms with Crippen LogP contribution in [0.1, 0.15) is 10.5 Å². The zero-order valence-electron chi connectivity index (χ0n) is 11.7. The number of fused-ring (bicyclic) bond motifs is 1. The molecule has 1 heterocycles. The van der Waals surface area contributed by atoms with E-state index in [1.54, 1.807) is 30.5 Å². The summed E-state index contributed by atoms with van der Waals surface area (Å²) in [6.45, 7) is 0. The van der Waals surface area contributed by atoms with Crippen LogP contribution >= 0.6 is 22.6 Å². The average molecular weight is 424 g/mol. The van der Waals surface area contributed by atoms with Gasteiger partial charge in [0.25, 0.3) is 5.91 Å². The lowest BCUT2D eigenvalue weighted by molar-refractivity contribution is 0.102. The molecule has 22 heavy (non-hydrogen) atoms. The maximum absolute atomic E-state index is 12.5. The van der Waals surface area contributed by atoms with Crippen molar-refractivity contribution in [2.24, 2.45) is 0 Å². The van der Waals surface area contributed by atoms with E-state index in [1.165, 1.54) is 0 Å². The highest BCUT2D eigenvalue weighted by Gasteiger charge is 2.16. The summed E-state index contributed by atoms with van der Waals surface area (Å²) in [5, 5.41) is 3.87. The summed E-state index contributed by atoms with van der Waals surface area (Å²) in [6, 6.07) is 14.9. The smallest absolute Gasteiger partial charge is 0.273 e. The largest absolute Gasteiger partial charge is 0.350 e. The van der Waals surface area contributed by atoms with Crippen LogP contribution in [0.4, 0.5) is 5.69 Å². The molecule has 0 fully saturated rings. The number of H-pyrrole nitrogens is 1. The minimum absolute atomic E-state index is 0.209. The monoisotopic (exact) mass is 424 g/mol. The fourth-order valence-corrected chi connectivity index (χ4v) is 3.62. The predicted molar refractivity (Wildman–Crippen MR) is 97.7 cm³/mol. The topological polar surface area (TPSA) is 62.0 Å². The molecule has 112 valence electrons. The Kier molecular flexibility index (Phi) is 4.30. The number of para-hydroxylation sites is 1. The first kappa shape index (κ1) is 15.2. The summed E-state index contributed by atoms with van der Waals surface area (Å²) in [7, 11) is -1.08. The van der Waals surface area contributed by atoms with Crippen LogP contribution in [0.3, 0.4) is 0 Å². The Labute approximate surface area is 143 Å². The fourth-order valence-electron chi connectivity index (χ4n) is 2.21. The molecule has 1 amide bonds. The van der Waals surface area contributed by atoms with Gasteiger partial charge in [-0.05, 0) is 46.9 Å². The fraction of sp³-hybridized carbons (Fsp3) is 0.0625. The van der Waals surface area contributed by atoms with E-state index in [0.29, 0.717) is 16.3 Å². The summed E-state index contributed by atoms with van der Waals surface area (Å²) in [6.07, 6.45) is 1.61. The van der Waals surface area contributed by atoms with Gasteiger partial charge in [0.1, 0.15) is 5.69 Å². The van der Waals surface area contributed by atoms with Crippen LogP contribution in [0.2, 0.25) is 0 Å². The molecule has 0 saturated carbocycles. The highest BCUT2D eigenvalue weighted by Crippen LogP contribution is 2.25. The second-order valence-corrected chi connectivity index (χ2v) is 7.25. The van der Waals surface area contributed by atoms with Gasteiger partial charge >= 0.3 is 0 Å². The van der Waals surface area contributed by atoms with Gasteiger partial charge in [0.2, 0.25) is 0 Å². The molecule has 1 unspecified atom stereocenters. The van der Waals surface area contributed by atoms with E-state index in [9.17, 15) is 9.00 Å². The number of halogens is 1. The molecule has 0 aliphatic heterocycles. The zero-order valence-corrected chi connectivity index (χ0v) is 14.7. The van der Waals surface area contributed by atoms with Crippen LogP contribution in [0.25, 0.3) is 10.9 Å². The normalized spacial score (nSPS) is 12.3. The Morgan fingerprint density at radius 3 is 2.68 bits per heavy atom. The second kappa shape index (κ2) is 6.21. The number of benzene rings is 2. The summed E-state index contributed by atoms with van der Waals surface area (Å²) in [5.41, 5.74) is 2.09. The molecular weight excluding hydrogens is 411 g/mol. The van der Waals surface area contributed by atoms with E-state index in [1.807, 2.05) is 24.3 Å². The molecule has 0 radical (unpaired) electrons. The lowest BCUT2D eigenvalue weighted by atomic mass is 10.2. The maximum atomic E-state index is 12.5. The van der Waals surface area contributed by atoms with E-state index in [4.69, 9.17) is 0 Å². The number of nitrogens with one attached hydrogen (secondary N) is 2. The van der Waals surface area contributed by atoms with E-state index in [2.05, 4.69) is 32.9 Å². The quantitative estimate of drug-likeness (QED) is 0.629. The highest BCUT2D eigenvalue weighted by atomic mass is 127. The average Bonchev–Trinajstić information content (AvgIpc) is 2.85. The van der Waals surface area contributed by atoms with Gasteiger partial charge in [-0.2, -0.15) is 0 Å². The molecule has 6 heteroatoms.